The molecule has 146 valence electrons. The van der Waals surface area contributed by atoms with Gasteiger partial charge in [-0.25, -0.2) is 13.4 Å². The molecule has 0 bridgehead atoms. The molecule has 1 aromatic carbocycles. The van der Waals surface area contributed by atoms with Crippen LogP contribution in [0, 0.1) is 0 Å². The lowest BCUT2D eigenvalue weighted by Crippen LogP contribution is -2.27. The van der Waals surface area contributed by atoms with Gasteiger partial charge in [0, 0.05) is 24.4 Å². The van der Waals surface area contributed by atoms with Crippen molar-refractivity contribution in [3.8, 4) is 11.5 Å². The van der Waals surface area contributed by atoms with Crippen molar-refractivity contribution in [3.63, 3.8) is 0 Å². The van der Waals surface area contributed by atoms with Gasteiger partial charge in [-0.1, -0.05) is 19.3 Å². The average Bonchev–Trinajstić information content (AvgIpc) is 3.16. The van der Waals surface area contributed by atoms with Gasteiger partial charge >= 0.3 is 0 Å². The van der Waals surface area contributed by atoms with Crippen molar-refractivity contribution in [2.75, 3.05) is 20.3 Å². The number of nitrogens with zero attached hydrogens (tertiary/aromatic N) is 2. The second kappa shape index (κ2) is 7.77. The molecule has 0 radical (unpaired) electrons. The largest absolute Gasteiger partial charge is 0.486 e. The lowest BCUT2D eigenvalue weighted by molar-refractivity contribution is 0.171. The van der Waals surface area contributed by atoms with Crippen LogP contribution in [0.2, 0.25) is 0 Å². The fourth-order valence-electron chi connectivity index (χ4n) is 3.61. The first-order valence-electron chi connectivity index (χ1n) is 9.34. The monoisotopic (exact) mass is 408 g/mol. The molecule has 0 unspecified atom stereocenters. The van der Waals surface area contributed by atoms with E-state index < -0.39 is 10.0 Å². The Labute approximate surface area is 164 Å². The van der Waals surface area contributed by atoms with E-state index in [1.54, 1.807) is 30.5 Å². The molecule has 0 saturated heterocycles. The Hall–Kier alpha value is -1.64. The van der Waals surface area contributed by atoms with Crippen LogP contribution >= 0.6 is 11.3 Å². The molecule has 27 heavy (non-hydrogen) atoms. The van der Waals surface area contributed by atoms with Crippen LogP contribution in [0.4, 0.5) is 0 Å². The summed E-state index contributed by atoms with van der Waals surface area (Å²) < 4.78 is 38.2. The molecule has 2 heterocycles. The molecule has 6 nitrogen and oxygen atoms in total. The van der Waals surface area contributed by atoms with E-state index in [-0.39, 0.29) is 11.4 Å². The number of benzene rings is 1. The number of hydrogen-bond donors (Lipinski definition) is 0. The first-order chi connectivity index (χ1) is 13.0. The third-order valence-corrected chi connectivity index (χ3v) is 7.99. The molecule has 1 saturated carbocycles. The smallest absolute Gasteiger partial charge is 0.243 e. The zero-order valence-electron chi connectivity index (χ0n) is 15.4. The summed E-state index contributed by atoms with van der Waals surface area (Å²) in [6.07, 6.45) is 6.22. The molecule has 0 N–H and O–H groups in total. The Balaban J connectivity index is 1.48. The first kappa shape index (κ1) is 18.7. The summed E-state index contributed by atoms with van der Waals surface area (Å²) in [5.41, 5.74) is 0.809. The van der Waals surface area contributed by atoms with E-state index >= 15 is 0 Å². The molecule has 8 heteroatoms. The second-order valence-corrected chi connectivity index (χ2v) is 10.0. The van der Waals surface area contributed by atoms with Crippen molar-refractivity contribution in [2.45, 2.75) is 49.5 Å². The number of ether oxygens (including phenoxy) is 2. The minimum atomic E-state index is -3.62. The van der Waals surface area contributed by atoms with Crippen LogP contribution in [-0.4, -0.2) is 38.0 Å². The SMILES string of the molecule is CN(Cc1csc(C2CCCCC2)n1)S(=O)(=O)c1ccc2c(c1)OCCO2. The molecule has 0 spiro atoms. The zero-order valence-corrected chi connectivity index (χ0v) is 17.0. The first-order valence-corrected chi connectivity index (χ1v) is 11.7. The van der Waals surface area contributed by atoms with E-state index in [9.17, 15) is 8.42 Å². The molecule has 4 rings (SSSR count). The zero-order chi connectivity index (χ0) is 18.9. The average molecular weight is 409 g/mol. The summed E-state index contributed by atoms with van der Waals surface area (Å²) in [7, 11) is -2.03. The predicted octanol–water partition coefficient (Wildman–Crippen LogP) is 3.78. The molecular weight excluding hydrogens is 384 g/mol. The quantitative estimate of drug-likeness (QED) is 0.753. The van der Waals surface area contributed by atoms with Crippen LogP contribution in [0.15, 0.2) is 28.5 Å². The normalized spacial score (nSPS) is 18.0. The molecule has 1 fully saturated rings. The van der Waals surface area contributed by atoms with Gasteiger partial charge in [0.25, 0.3) is 0 Å². The molecule has 0 atom stereocenters. The van der Waals surface area contributed by atoms with Gasteiger partial charge in [0.05, 0.1) is 22.1 Å². The van der Waals surface area contributed by atoms with Gasteiger partial charge in [-0.15, -0.1) is 11.3 Å². The molecule has 2 aliphatic rings. The minimum absolute atomic E-state index is 0.206. The highest BCUT2D eigenvalue weighted by Crippen LogP contribution is 2.35. The molecule has 1 aromatic heterocycles. The summed E-state index contributed by atoms with van der Waals surface area (Å²) in [5, 5.41) is 3.13. The molecule has 0 amide bonds. The lowest BCUT2D eigenvalue weighted by atomic mass is 9.90. The van der Waals surface area contributed by atoms with Gasteiger partial charge in [0.2, 0.25) is 10.0 Å². The lowest BCUT2D eigenvalue weighted by Gasteiger charge is -2.21. The number of aromatic nitrogens is 1. The summed E-state index contributed by atoms with van der Waals surface area (Å²) in [4.78, 5) is 4.92. The summed E-state index contributed by atoms with van der Waals surface area (Å²) in [5.74, 6) is 1.60. The van der Waals surface area contributed by atoms with Crippen molar-refractivity contribution in [1.82, 2.24) is 9.29 Å². The third kappa shape index (κ3) is 3.97. The van der Waals surface area contributed by atoms with Gasteiger partial charge in [-0.05, 0) is 25.0 Å². The Kier molecular flexibility index (Phi) is 5.39. The fourth-order valence-corrected chi connectivity index (χ4v) is 5.75. The van der Waals surface area contributed by atoms with Crippen LogP contribution in [0.3, 0.4) is 0 Å². The number of hydrogen-bond acceptors (Lipinski definition) is 6. The molecular formula is C19H24N2O4S2. The van der Waals surface area contributed by atoms with Crippen LogP contribution in [0.5, 0.6) is 11.5 Å². The number of sulfonamides is 1. The molecule has 1 aliphatic heterocycles. The van der Waals surface area contributed by atoms with Crippen molar-refractivity contribution < 1.29 is 17.9 Å². The van der Waals surface area contributed by atoms with Crippen LogP contribution in [0.25, 0.3) is 0 Å². The van der Waals surface area contributed by atoms with E-state index in [4.69, 9.17) is 14.5 Å². The molecule has 2 aromatic rings. The third-order valence-electron chi connectivity index (χ3n) is 5.13. The van der Waals surface area contributed by atoms with Gasteiger partial charge in [0.15, 0.2) is 11.5 Å². The maximum atomic E-state index is 12.9. The fraction of sp³-hybridized carbons (Fsp3) is 0.526. The summed E-state index contributed by atoms with van der Waals surface area (Å²) in [6.45, 7) is 1.17. The van der Waals surface area contributed by atoms with E-state index in [0.717, 1.165) is 10.7 Å². The Morgan fingerprint density at radius 1 is 1.15 bits per heavy atom. The van der Waals surface area contributed by atoms with Crippen LogP contribution in [0.1, 0.15) is 48.7 Å². The molecule has 1 aliphatic carbocycles. The number of thiazole rings is 1. The standard InChI is InChI=1S/C19H24N2O4S2/c1-21(12-15-13-26-19(20-15)14-5-3-2-4-6-14)27(22,23)16-7-8-17-18(11-16)25-10-9-24-17/h7-8,11,13-14H,2-6,9-10,12H2,1H3. The van der Waals surface area contributed by atoms with Crippen molar-refractivity contribution in [2.24, 2.45) is 0 Å². The van der Waals surface area contributed by atoms with Gasteiger partial charge in [0.1, 0.15) is 13.2 Å². The minimum Gasteiger partial charge on any atom is -0.486 e. The second-order valence-electron chi connectivity index (χ2n) is 7.08. The van der Waals surface area contributed by atoms with Gasteiger partial charge < -0.3 is 9.47 Å². The Morgan fingerprint density at radius 3 is 2.67 bits per heavy atom. The van der Waals surface area contributed by atoms with Crippen LogP contribution in [-0.2, 0) is 16.6 Å². The van der Waals surface area contributed by atoms with E-state index in [1.807, 2.05) is 5.38 Å². The van der Waals surface area contributed by atoms with Crippen LogP contribution < -0.4 is 9.47 Å². The maximum absolute atomic E-state index is 12.9. The highest BCUT2D eigenvalue weighted by Gasteiger charge is 2.25. The van der Waals surface area contributed by atoms with Crippen molar-refractivity contribution in [3.05, 3.63) is 34.3 Å². The van der Waals surface area contributed by atoms with Crippen molar-refractivity contribution >= 4 is 21.4 Å². The maximum Gasteiger partial charge on any atom is 0.243 e. The highest BCUT2D eigenvalue weighted by atomic mass is 32.2. The Bertz CT molecular complexity index is 904. The highest BCUT2D eigenvalue weighted by molar-refractivity contribution is 7.89. The van der Waals surface area contributed by atoms with E-state index in [1.165, 1.54) is 42.5 Å². The van der Waals surface area contributed by atoms with Crippen molar-refractivity contribution in [1.29, 1.82) is 0 Å². The summed E-state index contributed by atoms with van der Waals surface area (Å²) >= 11 is 1.65. The Morgan fingerprint density at radius 2 is 1.89 bits per heavy atom. The number of rotatable bonds is 5. The topological polar surface area (TPSA) is 68.7 Å². The van der Waals surface area contributed by atoms with E-state index in [2.05, 4.69) is 0 Å². The van der Waals surface area contributed by atoms with E-state index in [0.29, 0.717) is 30.6 Å². The van der Waals surface area contributed by atoms with Gasteiger partial charge in [-0.3, -0.25) is 0 Å². The summed E-state index contributed by atoms with van der Waals surface area (Å²) in [6, 6.07) is 4.75. The predicted molar refractivity (Wildman–Crippen MR) is 104 cm³/mol. The van der Waals surface area contributed by atoms with Gasteiger partial charge in [-0.2, -0.15) is 4.31 Å². The number of fused-ring (bicyclic) bond motifs is 1.